The Morgan fingerprint density at radius 3 is 2.65 bits per heavy atom. The predicted octanol–water partition coefficient (Wildman–Crippen LogP) is 2.83. The van der Waals surface area contributed by atoms with Crippen LogP contribution in [-0.2, 0) is 9.47 Å². The number of amides is 1. The molecule has 9 nitrogen and oxygen atoms in total. The normalized spacial score (nSPS) is 19.4. The first kappa shape index (κ1) is 23.0. The number of ether oxygens (including phenoxy) is 2. The molecule has 1 aliphatic heterocycles. The van der Waals surface area contributed by atoms with Crippen LogP contribution in [0.5, 0.6) is 0 Å². The first-order chi connectivity index (χ1) is 14.4. The Balaban J connectivity index is 2.00. The molecule has 0 spiro atoms. The van der Waals surface area contributed by atoms with Gasteiger partial charge in [0.05, 0.1) is 24.1 Å². The number of hydrogen-bond donors (Lipinski definition) is 1. The van der Waals surface area contributed by atoms with Gasteiger partial charge in [-0.25, -0.2) is 19.4 Å². The zero-order chi connectivity index (χ0) is 23.0. The van der Waals surface area contributed by atoms with Crippen LogP contribution >= 0.6 is 0 Å². The Morgan fingerprint density at radius 1 is 1.32 bits per heavy atom. The molecule has 1 saturated heterocycles. The summed E-state index contributed by atoms with van der Waals surface area (Å²) in [6.07, 6.45) is 1.73. The summed E-state index contributed by atoms with van der Waals surface area (Å²) in [5, 5.41) is 5.42. The van der Waals surface area contributed by atoms with E-state index in [0.29, 0.717) is 42.1 Å². The molecule has 31 heavy (non-hydrogen) atoms. The van der Waals surface area contributed by atoms with E-state index in [1.807, 2.05) is 25.5 Å². The van der Waals surface area contributed by atoms with Crippen molar-refractivity contribution in [2.75, 3.05) is 26.0 Å². The van der Waals surface area contributed by atoms with Crippen molar-refractivity contribution in [1.29, 1.82) is 0 Å². The van der Waals surface area contributed by atoms with E-state index in [-0.39, 0.29) is 18.2 Å². The molecule has 10 heteroatoms. The van der Waals surface area contributed by atoms with E-state index in [1.54, 1.807) is 12.0 Å². The SMILES string of the molecule is COC[C@H]1C[C@H](n2nc(C#C[Si](C)(C)C)c3c(N)ncnc32)CN1C(=O)OC(C)(C)C. The van der Waals surface area contributed by atoms with Crippen molar-refractivity contribution in [2.45, 2.75) is 64.5 Å². The van der Waals surface area contributed by atoms with Crippen molar-refractivity contribution in [3.05, 3.63) is 12.0 Å². The molecule has 0 radical (unpaired) electrons. The number of methoxy groups -OCH3 is 1. The summed E-state index contributed by atoms with van der Waals surface area (Å²) < 4.78 is 12.8. The fourth-order valence-corrected chi connectivity index (χ4v) is 4.04. The standard InChI is InChI=1S/C21H32N6O3Si/c1-21(2,3)30-20(28)26-11-14(10-15(26)12-29-4)27-19-17(18(22)23-13-24-19)16(25-27)8-9-31(5,6)7/h13-15H,10-12H2,1-7H3,(H2,22,23,24)/t14-,15+/m0/s1. The number of aromatic nitrogens is 4. The van der Waals surface area contributed by atoms with Crippen molar-refractivity contribution in [1.82, 2.24) is 24.6 Å². The molecule has 0 aromatic carbocycles. The van der Waals surface area contributed by atoms with Crippen molar-refractivity contribution in [3.63, 3.8) is 0 Å². The van der Waals surface area contributed by atoms with Gasteiger partial charge in [-0.05, 0) is 27.2 Å². The lowest BCUT2D eigenvalue weighted by molar-refractivity contribution is 0.0145. The van der Waals surface area contributed by atoms with Crippen LogP contribution in [0.4, 0.5) is 10.6 Å². The highest BCUT2D eigenvalue weighted by Crippen LogP contribution is 2.32. The number of nitrogen functional groups attached to an aromatic ring is 1. The third-order valence-electron chi connectivity index (χ3n) is 4.80. The number of carbonyl (C=O) groups excluding carboxylic acids is 1. The lowest BCUT2D eigenvalue weighted by Gasteiger charge is -2.28. The van der Waals surface area contributed by atoms with E-state index in [0.717, 1.165) is 0 Å². The quantitative estimate of drug-likeness (QED) is 0.573. The number of rotatable bonds is 3. The number of nitrogens with zero attached hydrogens (tertiary/aromatic N) is 5. The third-order valence-corrected chi connectivity index (χ3v) is 5.67. The molecule has 2 aromatic heterocycles. The van der Waals surface area contributed by atoms with Gasteiger partial charge in [-0.2, -0.15) is 5.10 Å². The van der Waals surface area contributed by atoms with Crippen LogP contribution in [0.1, 0.15) is 38.9 Å². The Labute approximate surface area is 184 Å². The van der Waals surface area contributed by atoms with E-state index in [1.165, 1.54) is 6.33 Å². The van der Waals surface area contributed by atoms with E-state index in [9.17, 15) is 4.79 Å². The van der Waals surface area contributed by atoms with Crippen molar-refractivity contribution >= 4 is 31.0 Å². The average Bonchev–Trinajstić information content (AvgIpc) is 3.20. The van der Waals surface area contributed by atoms with Crippen LogP contribution in [0, 0.1) is 11.5 Å². The second-order valence-corrected chi connectivity index (χ2v) is 14.6. The Hall–Kier alpha value is -2.64. The van der Waals surface area contributed by atoms with E-state index in [4.69, 9.17) is 20.3 Å². The Kier molecular flexibility index (Phi) is 6.30. The largest absolute Gasteiger partial charge is 0.444 e. The van der Waals surface area contributed by atoms with E-state index in [2.05, 4.69) is 41.1 Å². The third kappa shape index (κ3) is 5.35. The number of likely N-dealkylation sites (tertiary alicyclic amines) is 1. The summed E-state index contributed by atoms with van der Waals surface area (Å²) in [5.41, 5.74) is 10.1. The molecular formula is C21H32N6O3Si. The first-order valence-corrected chi connectivity index (χ1v) is 13.9. The maximum atomic E-state index is 12.8. The van der Waals surface area contributed by atoms with Gasteiger partial charge in [-0.15, -0.1) is 5.54 Å². The fraction of sp³-hybridized carbons (Fsp3) is 0.619. The van der Waals surface area contributed by atoms with Gasteiger partial charge in [0.25, 0.3) is 0 Å². The van der Waals surface area contributed by atoms with Crippen molar-refractivity contribution in [3.8, 4) is 11.5 Å². The molecule has 168 valence electrons. The molecule has 3 rings (SSSR count). The summed E-state index contributed by atoms with van der Waals surface area (Å²) in [5.74, 6) is 3.56. The predicted molar refractivity (Wildman–Crippen MR) is 122 cm³/mol. The van der Waals surface area contributed by atoms with Gasteiger partial charge in [-0.1, -0.05) is 25.6 Å². The number of carbonyl (C=O) groups is 1. The minimum Gasteiger partial charge on any atom is -0.444 e. The zero-order valence-electron chi connectivity index (χ0n) is 19.4. The monoisotopic (exact) mass is 444 g/mol. The van der Waals surface area contributed by atoms with Gasteiger partial charge in [0.1, 0.15) is 31.5 Å². The molecule has 1 aliphatic rings. The van der Waals surface area contributed by atoms with Crippen LogP contribution < -0.4 is 5.73 Å². The molecule has 2 atom stereocenters. The van der Waals surface area contributed by atoms with E-state index < -0.39 is 13.7 Å². The lowest BCUT2D eigenvalue weighted by atomic mass is 10.2. The molecule has 2 aromatic rings. The van der Waals surface area contributed by atoms with Crippen LogP contribution in [0.2, 0.25) is 19.6 Å². The van der Waals surface area contributed by atoms with Gasteiger partial charge >= 0.3 is 6.09 Å². The molecule has 0 unspecified atom stereocenters. The highest BCUT2D eigenvalue weighted by molar-refractivity contribution is 6.83. The second-order valence-electron chi connectivity index (χ2n) is 9.88. The number of anilines is 1. The maximum absolute atomic E-state index is 12.8. The van der Waals surface area contributed by atoms with Crippen molar-refractivity contribution < 1.29 is 14.3 Å². The number of fused-ring (bicyclic) bond motifs is 1. The second kappa shape index (κ2) is 8.47. The fourth-order valence-electron chi connectivity index (χ4n) is 3.55. The minimum absolute atomic E-state index is 0.105. The molecule has 2 N–H and O–H groups in total. The molecular weight excluding hydrogens is 412 g/mol. The Bertz CT molecular complexity index is 1030. The minimum atomic E-state index is -1.62. The van der Waals surface area contributed by atoms with Crippen molar-refractivity contribution in [2.24, 2.45) is 0 Å². The van der Waals surface area contributed by atoms with Gasteiger partial charge < -0.3 is 20.1 Å². The summed E-state index contributed by atoms with van der Waals surface area (Å²) in [7, 11) is 0.0115. The molecule has 1 amide bonds. The highest BCUT2D eigenvalue weighted by atomic mass is 28.3. The van der Waals surface area contributed by atoms with Gasteiger partial charge in [0.15, 0.2) is 5.65 Å². The Morgan fingerprint density at radius 2 is 2.03 bits per heavy atom. The zero-order valence-corrected chi connectivity index (χ0v) is 20.4. The lowest BCUT2D eigenvalue weighted by Crippen LogP contribution is -2.41. The summed E-state index contributed by atoms with van der Waals surface area (Å²) >= 11 is 0. The van der Waals surface area contributed by atoms with Gasteiger partial charge in [-0.3, -0.25) is 0 Å². The van der Waals surface area contributed by atoms with E-state index >= 15 is 0 Å². The topological polar surface area (TPSA) is 108 Å². The van der Waals surface area contributed by atoms with Crippen LogP contribution in [0.25, 0.3) is 11.0 Å². The molecule has 0 aliphatic carbocycles. The van der Waals surface area contributed by atoms with Gasteiger partial charge in [0.2, 0.25) is 0 Å². The number of nitrogens with two attached hydrogens (primary N) is 1. The summed E-state index contributed by atoms with van der Waals surface area (Å²) in [6, 6.07) is -0.230. The van der Waals surface area contributed by atoms with Crippen LogP contribution in [0.15, 0.2) is 6.33 Å². The highest BCUT2D eigenvalue weighted by Gasteiger charge is 2.39. The molecule has 0 saturated carbocycles. The molecule has 3 heterocycles. The smallest absolute Gasteiger partial charge is 0.410 e. The first-order valence-electron chi connectivity index (χ1n) is 10.4. The number of hydrogen-bond acceptors (Lipinski definition) is 7. The average molecular weight is 445 g/mol. The summed E-state index contributed by atoms with van der Waals surface area (Å²) in [4.78, 5) is 23.1. The van der Waals surface area contributed by atoms with Crippen LogP contribution in [0.3, 0.4) is 0 Å². The molecule has 1 fully saturated rings. The summed E-state index contributed by atoms with van der Waals surface area (Å²) in [6.45, 7) is 12.9. The maximum Gasteiger partial charge on any atom is 0.410 e. The molecule has 0 bridgehead atoms. The van der Waals surface area contributed by atoms with Gasteiger partial charge in [0, 0.05) is 13.7 Å². The van der Waals surface area contributed by atoms with Crippen LogP contribution in [-0.4, -0.2) is 70.7 Å².